The first-order chi connectivity index (χ1) is 14.0. The standard InChI is InChI=1S/C18H21FN6O3S/c1-12(26)20-9-14-11-25(18(27)28-14)13-2-3-16(15(19)8-13)23-4-6-24(7-5-23)17-10-21-29-22-17/h2-3,8,10,14H,4-7,9,11H2,1H3,(H,20,26)/t14-/m0/s1. The number of amides is 2. The first kappa shape index (κ1) is 19.4. The number of rotatable bonds is 5. The molecule has 2 aromatic rings. The van der Waals surface area contributed by atoms with Crippen molar-refractivity contribution in [1.29, 1.82) is 0 Å². The highest BCUT2D eigenvalue weighted by Gasteiger charge is 2.33. The van der Waals surface area contributed by atoms with E-state index in [9.17, 15) is 14.0 Å². The van der Waals surface area contributed by atoms with Gasteiger partial charge in [0.05, 0.1) is 42.4 Å². The van der Waals surface area contributed by atoms with E-state index in [4.69, 9.17) is 4.74 Å². The number of nitrogens with zero attached hydrogens (tertiary/aromatic N) is 5. The Morgan fingerprint density at radius 3 is 2.72 bits per heavy atom. The van der Waals surface area contributed by atoms with Crippen molar-refractivity contribution >= 4 is 40.9 Å². The molecule has 29 heavy (non-hydrogen) atoms. The van der Waals surface area contributed by atoms with Crippen LogP contribution in [0.25, 0.3) is 0 Å². The molecule has 1 N–H and O–H groups in total. The molecule has 2 saturated heterocycles. The number of piperazine rings is 1. The van der Waals surface area contributed by atoms with Crippen LogP contribution in [0.15, 0.2) is 24.4 Å². The second-order valence-corrected chi connectivity index (χ2v) is 7.49. The fourth-order valence-electron chi connectivity index (χ4n) is 3.49. The van der Waals surface area contributed by atoms with E-state index in [0.29, 0.717) is 24.5 Å². The Kier molecular flexibility index (Phi) is 5.47. The number of aromatic nitrogens is 2. The van der Waals surface area contributed by atoms with E-state index in [0.717, 1.165) is 18.9 Å². The maximum Gasteiger partial charge on any atom is 0.414 e. The lowest BCUT2D eigenvalue weighted by Crippen LogP contribution is -2.47. The van der Waals surface area contributed by atoms with Crippen molar-refractivity contribution in [3.63, 3.8) is 0 Å². The van der Waals surface area contributed by atoms with Crippen LogP contribution in [0.5, 0.6) is 0 Å². The average Bonchev–Trinajstić information content (AvgIpc) is 3.36. The predicted molar refractivity (Wildman–Crippen MR) is 107 cm³/mol. The predicted octanol–water partition coefficient (Wildman–Crippen LogP) is 1.47. The molecule has 1 aromatic heterocycles. The number of cyclic esters (lactones) is 1. The van der Waals surface area contributed by atoms with Crippen molar-refractivity contribution in [2.24, 2.45) is 0 Å². The molecular formula is C18H21FN6O3S. The lowest BCUT2D eigenvalue weighted by atomic mass is 10.2. The number of nitrogens with one attached hydrogen (secondary N) is 1. The van der Waals surface area contributed by atoms with Crippen LogP contribution in [-0.4, -0.2) is 66.1 Å². The van der Waals surface area contributed by atoms with Gasteiger partial charge < -0.3 is 19.9 Å². The minimum absolute atomic E-state index is 0.193. The van der Waals surface area contributed by atoms with Gasteiger partial charge in [0.25, 0.3) is 0 Å². The van der Waals surface area contributed by atoms with Crippen molar-refractivity contribution in [3.8, 4) is 0 Å². The minimum Gasteiger partial charge on any atom is -0.442 e. The van der Waals surface area contributed by atoms with E-state index in [-0.39, 0.29) is 24.8 Å². The number of ether oxygens (including phenoxy) is 1. The Morgan fingerprint density at radius 1 is 1.31 bits per heavy atom. The number of hydrogen-bond acceptors (Lipinski definition) is 8. The summed E-state index contributed by atoms with van der Waals surface area (Å²) >= 11 is 1.17. The summed E-state index contributed by atoms with van der Waals surface area (Å²) in [6.07, 6.45) is 0.740. The van der Waals surface area contributed by atoms with E-state index < -0.39 is 12.2 Å². The van der Waals surface area contributed by atoms with E-state index in [1.165, 1.54) is 29.6 Å². The summed E-state index contributed by atoms with van der Waals surface area (Å²) in [4.78, 5) is 28.6. The molecule has 154 valence electrons. The number of carbonyl (C=O) groups excluding carboxylic acids is 2. The monoisotopic (exact) mass is 420 g/mol. The molecule has 3 heterocycles. The zero-order chi connectivity index (χ0) is 20.4. The van der Waals surface area contributed by atoms with Gasteiger partial charge in [-0.25, -0.2) is 9.18 Å². The zero-order valence-electron chi connectivity index (χ0n) is 15.9. The Bertz CT molecular complexity index is 888. The summed E-state index contributed by atoms with van der Waals surface area (Å²) in [6, 6.07) is 4.77. The fourth-order valence-corrected chi connectivity index (χ4v) is 3.93. The third kappa shape index (κ3) is 4.24. The van der Waals surface area contributed by atoms with Crippen LogP contribution in [0.2, 0.25) is 0 Å². The molecule has 1 atom stereocenters. The Hall–Kier alpha value is -2.95. The maximum atomic E-state index is 14.8. The van der Waals surface area contributed by atoms with Crippen molar-refractivity contribution in [2.75, 3.05) is 54.0 Å². The van der Waals surface area contributed by atoms with Crippen LogP contribution in [0.4, 0.5) is 26.4 Å². The molecule has 0 radical (unpaired) electrons. The van der Waals surface area contributed by atoms with Crippen LogP contribution in [0.1, 0.15) is 6.92 Å². The molecule has 0 bridgehead atoms. The number of hydrogen-bond donors (Lipinski definition) is 1. The smallest absolute Gasteiger partial charge is 0.414 e. The van der Waals surface area contributed by atoms with Crippen LogP contribution in [0.3, 0.4) is 0 Å². The van der Waals surface area contributed by atoms with Crippen LogP contribution < -0.4 is 20.0 Å². The molecule has 11 heteroatoms. The molecule has 0 saturated carbocycles. The molecule has 0 unspecified atom stereocenters. The van der Waals surface area contributed by atoms with Gasteiger partial charge in [-0.2, -0.15) is 8.75 Å². The van der Waals surface area contributed by atoms with Gasteiger partial charge in [0.15, 0.2) is 5.82 Å². The number of anilines is 3. The normalized spacial score (nSPS) is 19.4. The van der Waals surface area contributed by atoms with Gasteiger partial charge in [0.1, 0.15) is 11.9 Å². The number of benzene rings is 1. The second kappa shape index (κ2) is 8.19. The van der Waals surface area contributed by atoms with Gasteiger partial charge in [0, 0.05) is 33.1 Å². The van der Waals surface area contributed by atoms with E-state index in [1.807, 2.05) is 4.90 Å². The van der Waals surface area contributed by atoms with Crippen LogP contribution >= 0.6 is 11.7 Å². The summed E-state index contributed by atoms with van der Waals surface area (Å²) in [5.74, 6) is 0.275. The third-order valence-corrected chi connectivity index (χ3v) is 5.46. The Labute approximate surface area is 171 Å². The van der Waals surface area contributed by atoms with E-state index in [1.54, 1.807) is 18.3 Å². The maximum absolute atomic E-state index is 14.8. The summed E-state index contributed by atoms with van der Waals surface area (Å²) in [7, 11) is 0. The highest BCUT2D eigenvalue weighted by atomic mass is 32.1. The molecule has 9 nitrogen and oxygen atoms in total. The van der Waals surface area contributed by atoms with Gasteiger partial charge in [-0.1, -0.05) is 0 Å². The van der Waals surface area contributed by atoms with Gasteiger partial charge in [-0.15, -0.1) is 0 Å². The number of halogens is 1. The molecular weight excluding hydrogens is 399 g/mol. The molecule has 2 amide bonds. The van der Waals surface area contributed by atoms with Gasteiger partial charge in [0.2, 0.25) is 5.91 Å². The average molecular weight is 420 g/mol. The topological polar surface area (TPSA) is 90.9 Å². The molecule has 4 rings (SSSR count). The first-order valence-electron chi connectivity index (χ1n) is 9.31. The molecule has 0 spiro atoms. The SMILES string of the molecule is CC(=O)NC[C@H]1CN(c2ccc(N3CCN(c4cnsn4)CC3)c(F)c2)C(=O)O1. The van der Waals surface area contributed by atoms with E-state index in [2.05, 4.69) is 19.0 Å². The summed E-state index contributed by atoms with van der Waals surface area (Å²) in [5, 5.41) is 2.62. The molecule has 2 aliphatic heterocycles. The quantitative estimate of drug-likeness (QED) is 0.783. The summed E-state index contributed by atoms with van der Waals surface area (Å²) in [6.45, 7) is 4.69. The van der Waals surface area contributed by atoms with Gasteiger partial charge in [-0.05, 0) is 18.2 Å². The van der Waals surface area contributed by atoms with Crippen molar-refractivity contribution in [1.82, 2.24) is 14.1 Å². The largest absolute Gasteiger partial charge is 0.442 e. The van der Waals surface area contributed by atoms with E-state index >= 15 is 0 Å². The first-order valence-corrected chi connectivity index (χ1v) is 10.0. The molecule has 2 fully saturated rings. The highest BCUT2D eigenvalue weighted by molar-refractivity contribution is 6.99. The lowest BCUT2D eigenvalue weighted by molar-refractivity contribution is -0.119. The Morgan fingerprint density at radius 2 is 2.07 bits per heavy atom. The van der Waals surface area contributed by atoms with Gasteiger partial charge >= 0.3 is 6.09 Å². The summed E-state index contributed by atoms with van der Waals surface area (Å²) < 4.78 is 28.3. The minimum atomic E-state index is -0.544. The Balaban J connectivity index is 1.39. The lowest BCUT2D eigenvalue weighted by Gasteiger charge is -2.36. The molecule has 2 aliphatic rings. The third-order valence-electron chi connectivity index (χ3n) is 4.99. The fraction of sp³-hybridized carbons (Fsp3) is 0.444. The second-order valence-electron chi connectivity index (χ2n) is 6.93. The zero-order valence-corrected chi connectivity index (χ0v) is 16.7. The van der Waals surface area contributed by atoms with Crippen molar-refractivity contribution in [2.45, 2.75) is 13.0 Å². The molecule has 1 aromatic carbocycles. The summed E-state index contributed by atoms with van der Waals surface area (Å²) in [5.41, 5.74) is 0.945. The number of carbonyl (C=O) groups is 2. The van der Waals surface area contributed by atoms with Crippen LogP contribution in [-0.2, 0) is 9.53 Å². The molecule has 0 aliphatic carbocycles. The van der Waals surface area contributed by atoms with Crippen LogP contribution in [0, 0.1) is 5.82 Å². The van der Waals surface area contributed by atoms with Crippen molar-refractivity contribution in [3.05, 3.63) is 30.2 Å². The highest BCUT2D eigenvalue weighted by Crippen LogP contribution is 2.29. The van der Waals surface area contributed by atoms with Gasteiger partial charge in [-0.3, -0.25) is 9.69 Å². The van der Waals surface area contributed by atoms with Crippen molar-refractivity contribution < 1.29 is 18.7 Å².